The van der Waals surface area contributed by atoms with Crippen LogP contribution >= 0.6 is 24.0 Å². The Kier molecular flexibility index (Phi) is 9.15. The molecule has 1 N–H and O–H groups in total. The Hall–Kier alpha value is -1.02. The maximum atomic E-state index is 6.08. The van der Waals surface area contributed by atoms with E-state index in [4.69, 9.17) is 9.73 Å². The number of aryl methyl sites for hydroxylation is 1. The summed E-state index contributed by atoms with van der Waals surface area (Å²) >= 11 is 0. The number of halogens is 1. The highest BCUT2D eigenvalue weighted by atomic mass is 127. The molecule has 0 radical (unpaired) electrons. The number of nitrogens with zero attached hydrogens (tertiary/aromatic N) is 3. The van der Waals surface area contributed by atoms with E-state index in [1.165, 1.54) is 37.9 Å². The number of aliphatic imine (C=N–C) groups is 1. The van der Waals surface area contributed by atoms with Crippen molar-refractivity contribution in [2.45, 2.75) is 52.2 Å². The van der Waals surface area contributed by atoms with Gasteiger partial charge in [0.1, 0.15) is 11.9 Å². The fraction of sp³-hybridized carbons (Fsp3) is 0.667. The van der Waals surface area contributed by atoms with E-state index in [0.29, 0.717) is 12.6 Å². The van der Waals surface area contributed by atoms with Crippen molar-refractivity contribution in [3.05, 3.63) is 29.8 Å². The second kappa shape index (κ2) is 11.1. The van der Waals surface area contributed by atoms with Gasteiger partial charge in [-0.2, -0.15) is 0 Å². The first-order chi connectivity index (χ1) is 12.7. The summed E-state index contributed by atoms with van der Waals surface area (Å²) in [5, 5.41) is 3.47. The summed E-state index contributed by atoms with van der Waals surface area (Å²) in [6.07, 6.45) is 4.03. The lowest BCUT2D eigenvalue weighted by atomic mass is 10.2. The van der Waals surface area contributed by atoms with E-state index in [0.717, 1.165) is 31.3 Å². The van der Waals surface area contributed by atoms with Crippen LogP contribution in [0.25, 0.3) is 0 Å². The Balaban J connectivity index is 0.00000261. The molecule has 0 aliphatic carbocycles. The highest BCUT2D eigenvalue weighted by molar-refractivity contribution is 14.0. The fourth-order valence-corrected chi connectivity index (χ4v) is 3.92. The lowest BCUT2D eigenvalue weighted by Crippen LogP contribution is -2.43. The molecule has 0 saturated carbocycles. The van der Waals surface area contributed by atoms with Crippen molar-refractivity contribution < 1.29 is 4.74 Å². The van der Waals surface area contributed by atoms with E-state index in [9.17, 15) is 0 Å². The van der Waals surface area contributed by atoms with Gasteiger partial charge in [-0.1, -0.05) is 18.2 Å². The second-order valence-corrected chi connectivity index (χ2v) is 7.52. The van der Waals surface area contributed by atoms with Crippen molar-refractivity contribution in [3.63, 3.8) is 0 Å². The highest BCUT2D eigenvalue weighted by Gasteiger charge is 2.30. The van der Waals surface area contributed by atoms with Crippen LogP contribution in [0.5, 0.6) is 5.75 Å². The minimum Gasteiger partial charge on any atom is -0.489 e. The van der Waals surface area contributed by atoms with E-state index < -0.39 is 0 Å². The zero-order valence-electron chi connectivity index (χ0n) is 17.0. The standard InChI is InChI=1S/C21H34N4O.HI/c1-4-22-21(25-14-11-19(16-25)24-12-7-8-13-24)23-15-18(3)26-20-10-6-5-9-17(20)2;/h5-6,9-10,18-19H,4,7-8,11-16H2,1-3H3,(H,22,23);1H. The number of rotatable bonds is 6. The molecule has 2 fully saturated rings. The smallest absolute Gasteiger partial charge is 0.194 e. The number of hydrogen-bond donors (Lipinski definition) is 1. The number of hydrogen-bond acceptors (Lipinski definition) is 3. The monoisotopic (exact) mass is 486 g/mol. The largest absolute Gasteiger partial charge is 0.489 e. The Morgan fingerprint density at radius 1 is 1.26 bits per heavy atom. The Labute approximate surface area is 181 Å². The van der Waals surface area contributed by atoms with Crippen molar-refractivity contribution >= 4 is 29.9 Å². The molecule has 2 unspecified atom stereocenters. The first-order valence-corrected chi connectivity index (χ1v) is 10.2. The van der Waals surface area contributed by atoms with E-state index in [1.807, 2.05) is 18.2 Å². The van der Waals surface area contributed by atoms with Crippen LogP contribution in [-0.2, 0) is 0 Å². The van der Waals surface area contributed by atoms with Gasteiger partial charge in [-0.05, 0) is 64.8 Å². The third-order valence-electron chi connectivity index (χ3n) is 5.37. The molecule has 5 nitrogen and oxygen atoms in total. The molecule has 0 spiro atoms. The van der Waals surface area contributed by atoms with Gasteiger partial charge in [-0.25, -0.2) is 4.99 Å². The maximum absolute atomic E-state index is 6.08. The predicted octanol–water partition coefficient (Wildman–Crippen LogP) is 3.52. The van der Waals surface area contributed by atoms with Gasteiger partial charge in [-0.15, -0.1) is 24.0 Å². The Bertz CT molecular complexity index is 604. The van der Waals surface area contributed by atoms with Gasteiger partial charge in [0.15, 0.2) is 5.96 Å². The molecule has 1 aromatic carbocycles. The number of likely N-dealkylation sites (tertiary alicyclic amines) is 2. The molecule has 0 amide bonds. The summed E-state index contributed by atoms with van der Waals surface area (Å²) in [4.78, 5) is 9.95. The average molecular weight is 486 g/mol. The SMILES string of the molecule is CCNC(=NCC(C)Oc1ccccc1C)N1CCC(N2CCCC2)C1.I. The molecule has 2 heterocycles. The van der Waals surface area contributed by atoms with Gasteiger partial charge in [0.2, 0.25) is 0 Å². The van der Waals surface area contributed by atoms with E-state index in [2.05, 4.69) is 42.0 Å². The quantitative estimate of drug-likeness (QED) is 0.380. The summed E-state index contributed by atoms with van der Waals surface area (Å²) in [6.45, 7) is 12.6. The molecular weight excluding hydrogens is 451 g/mol. The van der Waals surface area contributed by atoms with E-state index >= 15 is 0 Å². The number of ether oxygens (including phenoxy) is 1. The third kappa shape index (κ3) is 6.24. The van der Waals surface area contributed by atoms with Crippen LogP contribution in [0.2, 0.25) is 0 Å². The molecular formula is C21H35IN4O. The molecule has 0 aromatic heterocycles. The normalized spacial score (nSPS) is 21.8. The van der Waals surface area contributed by atoms with Gasteiger partial charge >= 0.3 is 0 Å². The molecule has 27 heavy (non-hydrogen) atoms. The molecule has 152 valence electrons. The van der Waals surface area contributed by atoms with Crippen LogP contribution in [0.4, 0.5) is 0 Å². The summed E-state index contributed by atoms with van der Waals surface area (Å²) in [5.41, 5.74) is 1.17. The van der Waals surface area contributed by atoms with Crippen molar-refractivity contribution in [1.82, 2.24) is 15.1 Å². The maximum Gasteiger partial charge on any atom is 0.194 e. The van der Waals surface area contributed by atoms with Crippen molar-refractivity contribution in [2.24, 2.45) is 4.99 Å². The van der Waals surface area contributed by atoms with Gasteiger partial charge in [-0.3, -0.25) is 4.90 Å². The molecule has 6 heteroatoms. The molecule has 2 atom stereocenters. The number of nitrogens with one attached hydrogen (secondary N) is 1. The lowest BCUT2D eigenvalue weighted by molar-refractivity contribution is 0.227. The van der Waals surface area contributed by atoms with E-state index in [-0.39, 0.29) is 30.1 Å². The summed E-state index contributed by atoms with van der Waals surface area (Å²) in [5.74, 6) is 1.99. The number of guanidine groups is 1. The number of para-hydroxylation sites is 1. The molecule has 0 bridgehead atoms. The second-order valence-electron chi connectivity index (χ2n) is 7.52. The van der Waals surface area contributed by atoms with Gasteiger partial charge < -0.3 is 15.0 Å². The van der Waals surface area contributed by atoms with Crippen LogP contribution in [0.1, 0.15) is 38.7 Å². The molecule has 2 saturated heterocycles. The van der Waals surface area contributed by atoms with Crippen LogP contribution in [0, 0.1) is 6.92 Å². The minimum atomic E-state index is 0. The predicted molar refractivity (Wildman–Crippen MR) is 123 cm³/mol. The topological polar surface area (TPSA) is 40.1 Å². The van der Waals surface area contributed by atoms with Gasteiger partial charge in [0, 0.05) is 25.7 Å². The number of benzene rings is 1. The zero-order chi connectivity index (χ0) is 18.4. The fourth-order valence-electron chi connectivity index (χ4n) is 3.92. The van der Waals surface area contributed by atoms with Crippen LogP contribution in [0.15, 0.2) is 29.3 Å². The zero-order valence-corrected chi connectivity index (χ0v) is 19.3. The van der Waals surface area contributed by atoms with Crippen LogP contribution < -0.4 is 10.1 Å². The van der Waals surface area contributed by atoms with Crippen LogP contribution in [0.3, 0.4) is 0 Å². The summed E-state index contributed by atoms with van der Waals surface area (Å²) in [6, 6.07) is 8.87. The summed E-state index contributed by atoms with van der Waals surface area (Å²) in [7, 11) is 0. The van der Waals surface area contributed by atoms with Crippen LogP contribution in [-0.4, -0.2) is 67.2 Å². The molecule has 3 rings (SSSR count). The summed E-state index contributed by atoms with van der Waals surface area (Å²) < 4.78 is 6.08. The third-order valence-corrected chi connectivity index (χ3v) is 5.37. The van der Waals surface area contributed by atoms with Gasteiger partial charge in [0.05, 0.1) is 6.54 Å². The first-order valence-electron chi connectivity index (χ1n) is 10.2. The minimum absolute atomic E-state index is 0. The van der Waals surface area contributed by atoms with Crippen molar-refractivity contribution in [1.29, 1.82) is 0 Å². The lowest BCUT2D eigenvalue weighted by Gasteiger charge is -2.25. The van der Waals surface area contributed by atoms with Gasteiger partial charge in [0.25, 0.3) is 0 Å². The molecule has 2 aliphatic heterocycles. The highest BCUT2D eigenvalue weighted by Crippen LogP contribution is 2.21. The van der Waals surface area contributed by atoms with E-state index in [1.54, 1.807) is 0 Å². The molecule has 1 aromatic rings. The Morgan fingerprint density at radius 3 is 2.70 bits per heavy atom. The Morgan fingerprint density at radius 2 is 2.00 bits per heavy atom. The van der Waals surface area contributed by atoms with Crippen molar-refractivity contribution in [2.75, 3.05) is 39.3 Å². The van der Waals surface area contributed by atoms with Crippen molar-refractivity contribution in [3.8, 4) is 5.75 Å². The first kappa shape index (κ1) is 22.3. The average Bonchev–Trinajstić information content (AvgIpc) is 3.32. The molecule has 2 aliphatic rings.